The maximum absolute atomic E-state index is 12.8. The summed E-state index contributed by atoms with van der Waals surface area (Å²) in [5.41, 5.74) is 3.84. The van der Waals surface area contributed by atoms with Crippen LogP contribution in [0.2, 0.25) is 0 Å². The molecule has 1 amide bonds. The van der Waals surface area contributed by atoms with E-state index in [1.807, 2.05) is 26.1 Å². The van der Waals surface area contributed by atoms with Crippen LogP contribution in [0.15, 0.2) is 24.7 Å². The smallest absolute Gasteiger partial charge is 0.254 e. The van der Waals surface area contributed by atoms with Crippen LogP contribution in [-0.4, -0.2) is 43.9 Å². The number of aromatic nitrogens is 5. The van der Waals surface area contributed by atoms with Gasteiger partial charge in [0.05, 0.1) is 35.4 Å². The number of ether oxygens (including phenoxy) is 1. The molecule has 2 atom stereocenters. The predicted octanol–water partition coefficient (Wildman–Crippen LogP) is 1.58. The summed E-state index contributed by atoms with van der Waals surface area (Å²) in [6, 6.07) is 1.83. The molecule has 0 aliphatic carbocycles. The van der Waals surface area contributed by atoms with Gasteiger partial charge in [0.2, 0.25) is 0 Å². The lowest BCUT2D eigenvalue weighted by Gasteiger charge is -2.18. The highest BCUT2D eigenvalue weighted by Crippen LogP contribution is 2.33. The highest BCUT2D eigenvalue weighted by Gasteiger charge is 2.31. The van der Waals surface area contributed by atoms with E-state index in [1.165, 1.54) is 0 Å². The lowest BCUT2D eigenvalue weighted by atomic mass is 9.97. The molecule has 2 N–H and O–H groups in total. The van der Waals surface area contributed by atoms with Gasteiger partial charge in [-0.2, -0.15) is 10.2 Å². The molecule has 0 bridgehead atoms. The van der Waals surface area contributed by atoms with Crippen molar-refractivity contribution in [1.29, 1.82) is 0 Å². The molecule has 8 heteroatoms. The van der Waals surface area contributed by atoms with Crippen LogP contribution in [0.3, 0.4) is 0 Å². The molecule has 3 aromatic rings. The normalized spacial score (nSPS) is 20.2. The summed E-state index contributed by atoms with van der Waals surface area (Å²) >= 11 is 0. The number of hydrogen-bond acceptors (Lipinski definition) is 5. The van der Waals surface area contributed by atoms with Crippen molar-refractivity contribution in [2.24, 2.45) is 5.92 Å². The third kappa shape index (κ3) is 2.78. The van der Waals surface area contributed by atoms with Crippen molar-refractivity contribution in [3.63, 3.8) is 0 Å². The van der Waals surface area contributed by atoms with Gasteiger partial charge in [-0.25, -0.2) is 9.50 Å². The maximum atomic E-state index is 12.8. The van der Waals surface area contributed by atoms with E-state index in [0.29, 0.717) is 24.4 Å². The Balaban J connectivity index is 1.51. The van der Waals surface area contributed by atoms with Crippen LogP contribution >= 0.6 is 0 Å². The summed E-state index contributed by atoms with van der Waals surface area (Å²) in [6.07, 6.45) is 6.17. The molecule has 4 heterocycles. The molecule has 0 saturated carbocycles. The second-order valence-corrected chi connectivity index (χ2v) is 6.34. The summed E-state index contributed by atoms with van der Waals surface area (Å²) in [7, 11) is 0. The quantitative estimate of drug-likeness (QED) is 0.751. The van der Waals surface area contributed by atoms with Gasteiger partial charge in [-0.15, -0.1) is 0 Å². The zero-order valence-corrected chi connectivity index (χ0v) is 14.2. The van der Waals surface area contributed by atoms with Gasteiger partial charge in [0.25, 0.3) is 5.91 Å². The standard InChI is InChI=1S/C17H20N6O2/c1-10-15(11(2)23-14(22-10)3-5-21-23)17(24)18-7-12-4-6-25-16(12)13-8-19-20-9-13/h3,5,8-9,12,16H,4,6-7H2,1-2H3,(H,18,24)(H,19,20)/t12-,16+/m1/s1. The fourth-order valence-corrected chi connectivity index (χ4v) is 3.50. The number of carbonyl (C=O) groups is 1. The molecule has 1 aliphatic rings. The number of carbonyl (C=O) groups excluding carboxylic acids is 1. The Labute approximate surface area is 144 Å². The monoisotopic (exact) mass is 340 g/mol. The Kier molecular flexibility index (Phi) is 3.96. The van der Waals surface area contributed by atoms with Gasteiger partial charge in [-0.3, -0.25) is 9.89 Å². The van der Waals surface area contributed by atoms with E-state index in [2.05, 4.69) is 25.6 Å². The Morgan fingerprint density at radius 3 is 3.16 bits per heavy atom. The molecule has 3 aromatic heterocycles. The minimum absolute atomic E-state index is 0.0343. The molecule has 0 aromatic carbocycles. The number of amides is 1. The van der Waals surface area contributed by atoms with E-state index in [0.717, 1.165) is 23.3 Å². The molecular weight excluding hydrogens is 320 g/mol. The van der Waals surface area contributed by atoms with Crippen LogP contribution in [0.25, 0.3) is 5.65 Å². The van der Waals surface area contributed by atoms with E-state index in [4.69, 9.17) is 4.74 Å². The first-order valence-electron chi connectivity index (χ1n) is 8.34. The average Bonchev–Trinajstić information content (AvgIpc) is 3.32. The van der Waals surface area contributed by atoms with Crippen LogP contribution in [0, 0.1) is 19.8 Å². The Morgan fingerprint density at radius 1 is 1.48 bits per heavy atom. The lowest BCUT2D eigenvalue weighted by molar-refractivity contribution is 0.0845. The Hall–Kier alpha value is -2.74. The summed E-state index contributed by atoms with van der Waals surface area (Å²) in [5.74, 6) is 0.0984. The minimum Gasteiger partial charge on any atom is -0.373 e. The first kappa shape index (κ1) is 15.8. The molecule has 8 nitrogen and oxygen atoms in total. The molecule has 1 aliphatic heterocycles. The van der Waals surface area contributed by atoms with Gasteiger partial charge < -0.3 is 10.1 Å². The first-order valence-corrected chi connectivity index (χ1v) is 8.34. The zero-order chi connectivity index (χ0) is 17.4. The molecular formula is C17H20N6O2. The van der Waals surface area contributed by atoms with Crippen molar-refractivity contribution in [2.75, 3.05) is 13.2 Å². The highest BCUT2D eigenvalue weighted by atomic mass is 16.5. The van der Waals surface area contributed by atoms with Crippen LogP contribution < -0.4 is 5.32 Å². The number of fused-ring (bicyclic) bond motifs is 1. The third-order valence-electron chi connectivity index (χ3n) is 4.76. The minimum atomic E-state index is -0.127. The van der Waals surface area contributed by atoms with Gasteiger partial charge in [0, 0.05) is 36.9 Å². The number of nitrogens with zero attached hydrogens (tertiary/aromatic N) is 4. The van der Waals surface area contributed by atoms with E-state index < -0.39 is 0 Å². The molecule has 1 saturated heterocycles. The van der Waals surface area contributed by atoms with Crippen molar-refractivity contribution in [3.8, 4) is 0 Å². The van der Waals surface area contributed by atoms with E-state index >= 15 is 0 Å². The van der Waals surface area contributed by atoms with Gasteiger partial charge in [-0.05, 0) is 20.3 Å². The second kappa shape index (κ2) is 6.29. The summed E-state index contributed by atoms with van der Waals surface area (Å²) in [5, 5.41) is 14.1. The van der Waals surface area contributed by atoms with E-state index in [-0.39, 0.29) is 17.9 Å². The van der Waals surface area contributed by atoms with E-state index in [9.17, 15) is 4.79 Å². The fourth-order valence-electron chi connectivity index (χ4n) is 3.50. The number of aryl methyl sites for hydroxylation is 2. The maximum Gasteiger partial charge on any atom is 0.254 e. The Bertz CT molecular complexity index is 901. The van der Waals surface area contributed by atoms with Crippen LogP contribution in [0.5, 0.6) is 0 Å². The topological polar surface area (TPSA) is 97.2 Å². The van der Waals surface area contributed by atoms with Crippen molar-refractivity contribution in [3.05, 3.63) is 47.2 Å². The molecule has 0 radical (unpaired) electrons. The summed E-state index contributed by atoms with van der Waals surface area (Å²) in [6.45, 7) is 4.97. The number of aromatic amines is 1. The van der Waals surface area contributed by atoms with Crippen molar-refractivity contribution in [1.82, 2.24) is 30.1 Å². The van der Waals surface area contributed by atoms with Gasteiger partial charge in [0.1, 0.15) is 0 Å². The van der Waals surface area contributed by atoms with Crippen LogP contribution in [0.4, 0.5) is 0 Å². The van der Waals surface area contributed by atoms with Crippen molar-refractivity contribution >= 4 is 11.6 Å². The third-order valence-corrected chi connectivity index (χ3v) is 4.76. The van der Waals surface area contributed by atoms with Crippen molar-refractivity contribution in [2.45, 2.75) is 26.4 Å². The number of rotatable bonds is 4. The number of hydrogen-bond donors (Lipinski definition) is 2. The molecule has 4 rings (SSSR count). The van der Waals surface area contributed by atoms with Crippen LogP contribution in [0.1, 0.15) is 39.8 Å². The highest BCUT2D eigenvalue weighted by molar-refractivity contribution is 5.96. The summed E-state index contributed by atoms with van der Waals surface area (Å²) < 4.78 is 7.49. The number of H-pyrrole nitrogens is 1. The van der Waals surface area contributed by atoms with E-state index in [1.54, 1.807) is 16.9 Å². The molecule has 0 unspecified atom stereocenters. The van der Waals surface area contributed by atoms with Crippen molar-refractivity contribution < 1.29 is 9.53 Å². The van der Waals surface area contributed by atoms with Gasteiger partial charge in [-0.1, -0.05) is 0 Å². The van der Waals surface area contributed by atoms with Crippen LogP contribution in [-0.2, 0) is 4.74 Å². The van der Waals surface area contributed by atoms with Gasteiger partial charge >= 0.3 is 0 Å². The predicted molar refractivity (Wildman–Crippen MR) is 90.2 cm³/mol. The largest absolute Gasteiger partial charge is 0.373 e. The average molecular weight is 340 g/mol. The zero-order valence-electron chi connectivity index (χ0n) is 14.2. The second-order valence-electron chi connectivity index (χ2n) is 6.34. The number of nitrogens with one attached hydrogen (secondary N) is 2. The SMILES string of the molecule is Cc1nc2ccnn2c(C)c1C(=O)NC[C@H]1CCO[C@@H]1c1cn[nH]c1. The Morgan fingerprint density at radius 2 is 2.36 bits per heavy atom. The molecule has 130 valence electrons. The molecule has 0 spiro atoms. The lowest BCUT2D eigenvalue weighted by Crippen LogP contribution is -2.32. The van der Waals surface area contributed by atoms with Gasteiger partial charge in [0.15, 0.2) is 5.65 Å². The molecule has 1 fully saturated rings. The fraction of sp³-hybridized carbons (Fsp3) is 0.412. The molecule has 25 heavy (non-hydrogen) atoms. The summed E-state index contributed by atoms with van der Waals surface area (Å²) in [4.78, 5) is 17.2. The first-order chi connectivity index (χ1) is 12.1.